The molecule has 0 saturated heterocycles. The molecular weight excluding hydrogens is 406 g/mol. The highest BCUT2D eigenvalue weighted by Gasteiger charge is 2.02. The lowest BCUT2D eigenvalue weighted by Gasteiger charge is -2.09. The highest BCUT2D eigenvalue weighted by Crippen LogP contribution is 2.14. The first-order valence-corrected chi connectivity index (χ1v) is 14.6. The van der Waals surface area contributed by atoms with E-state index in [0.717, 1.165) is 25.8 Å². The largest absolute Gasteiger partial charge is 0.464 e. The van der Waals surface area contributed by atoms with Gasteiger partial charge in [0.1, 0.15) is 6.61 Å². The van der Waals surface area contributed by atoms with Gasteiger partial charge in [-0.3, -0.25) is 4.79 Å². The second-order valence-corrected chi connectivity index (χ2v) is 10.2. The van der Waals surface area contributed by atoms with E-state index in [1.807, 2.05) is 19.0 Å². The molecule has 0 heterocycles. The summed E-state index contributed by atoms with van der Waals surface area (Å²) in [5.41, 5.74) is 0. The summed E-state index contributed by atoms with van der Waals surface area (Å²) in [5.74, 6) is -0.0455. The number of nitrogens with zero attached hydrogens (tertiary/aromatic N) is 1. The van der Waals surface area contributed by atoms with E-state index < -0.39 is 0 Å². The highest BCUT2D eigenvalue weighted by atomic mass is 16.5. The Morgan fingerprint density at radius 3 is 1.42 bits per heavy atom. The maximum atomic E-state index is 11.6. The Labute approximate surface area is 208 Å². The number of hydrogen-bond acceptors (Lipinski definition) is 3. The van der Waals surface area contributed by atoms with Gasteiger partial charge < -0.3 is 9.64 Å². The molecule has 0 unspecified atom stereocenters. The van der Waals surface area contributed by atoms with Crippen LogP contribution in [0.1, 0.15) is 148 Å². The van der Waals surface area contributed by atoms with Crippen LogP contribution in [-0.2, 0) is 9.53 Å². The Morgan fingerprint density at radius 1 is 0.606 bits per heavy atom. The summed E-state index contributed by atoms with van der Waals surface area (Å²) in [7, 11) is 3.98. The summed E-state index contributed by atoms with van der Waals surface area (Å²) in [4.78, 5) is 13.6. The third-order valence-electron chi connectivity index (χ3n) is 6.44. The van der Waals surface area contributed by atoms with Gasteiger partial charge in [-0.05, 0) is 46.2 Å². The van der Waals surface area contributed by atoms with Gasteiger partial charge in [0, 0.05) is 13.0 Å². The van der Waals surface area contributed by atoms with Gasteiger partial charge in [0.05, 0.1) is 0 Å². The molecule has 0 aliphatic carbocycles. The SMILES string of the molecule is CCCCCCCCCCCCCCCCCCC=CCCCCCC(=O)OCCN(C)C. The fourth-order valence-corrected chi connectivity index (χ4v) is 4.17. The molecule has 0 bridgehead atoms. The predicted octanol–water partition coefficient (Wildman–Crippen LogP) is 9.25. The van der Waals surface area contributed by atoms with Crippen molar-refractivity contribution in [3.63, 3.8) is 0 Å². The van der Waals surface area contributed by atoms with E-state index in [1.54, 1.807) is 0 Å². The van der Waals surface area contributed by atoms with Gasteiger partial charge in [0.15, 0.2) is 0 Å². The first-order chi connectivity index (χ1) is 16.2. The van der Waals surface area contributed by atoms with E-state index in [9.17, 15) is 4.79 Å². The molecule has 0 N–H and O–H groups in total. The number of likely N-dealkylation sites (N-methyl/N-ethyl adjacent to an activating group) is 1. The lowest BCUT2D eigenvalue weighted by atomic mass is 10.0. The molecule has 0 aromatic carbocycles. The second kappa shape index (κ2) is 27.4. The molecule has 0 rings (SSSR count). The van der Waals surface area contributed by atoms with Gasteiger partial charge >= 0.3 is 5.97 Å². The van der Waals surface area contributed by atoms with Gasteiger partial charge in [-0.15, -0.1) is 0 Å². The number of carbonyl (C=O) groups excluding carboxylic acids is 1. The normalized spacial score (nSPS) is 11.6. The maximum Gasteiger partial charge on any atom is 0.305 e. The fraction of sp³-hybridized carbons (Fsp3) is 0.900. The zero-order chi connectivity index (χ0) is 24.2. The molecule has 0 aliphatic rings. The number of carbonyl (C=O) groups is 1. The summed E-state index contributed by atoms with van der Waals surface area (Å²) < 4.78 is 5.21. The zero-order valence-electron chi connectivity index (χ0n) is 22.9. The quantitative estimate of drug-likeness (QED) is 0.0724. The summed E-state index contributed by atoms with van der Waals surface area (Å²) in [5, 5.41) is 0. The van der Waals surface area contributed by atoms with E-state index in [0.29, 0.717) is 13.0 Å². The Hall–Kier alpha value is -0.830. The summed E-state index contributed by atoms with van der Waals surface area (Å²) in [6, 6.07) is 0. The number of unbranched alkanes of at least 4 members (excludes halogenated alkanes) is 19. The van der Waals surface area contributed by atoms with Crippen LogP contribution in [0.3, 0.4) is 0 Å². The van der Waals surface area contributed by atoms with E-state index in [1.165, 1.54) is 116 Å². The molecule has 3 heteroatoms. The van der Waals surface area contributed by atoms with Gasteiger partial charge in [-0.25, -0.2) is 0 Å². The van der Waals surface area contributed by atoms with Crippen LogP contribution in [0.2, 0.25) is 0 Å². The molecule has 0 fully saturated rings. The van der Waals surface area contributed by atoms with Crippen molar-refractivity contribution in [2.75, 3.05) is 27.2 Å². The smallest absolute Gasteiger partial charge is 0.305 e. The summed E-state index contributed by atoms with van der Waals surface area (Å²) in [6.07, 6.45) is 33.8. The van der Waals surface area contributed by atoms with Gasteiger partial charge in [0.2, 0.25) is 0 Å². The van der Waals surface area contributed by atoms with Crippen LogP contribution in [0, 0.1) is 0 Å². The molecule has 0 aromatic heterocycles. The first-order valence-electron chi connectivity index (χ1n) is 14.6. The highest BCUT2D eigenvalue weighted by molar-refractivity contribution is 5.69. The van der Waals surface area contributed by atoms with Crippen molar-refractivity contribution in [3.05, 3.63) is 12.2 Å². The van der Waals surface area contributed by atoms with Crippen molar-refractivity contribution < 1.29 is 9.53 Å². The van der Waals surface area contributed by atoms with Crippen LogP contribution in [0.5, 0.6) is 0 Å². The number of allylic oxidation sites excluding steroid dienone is 2. The van der Waals surface area contributed by atoms with E-state index in [4.69, 9.17) is 4.74 Å². The minimum absolute atomic E-state index is 0.0455. The standard InChI is InChI=1S/C30H59NO2/c1-4-5-6-7-8-9-10-11-12-13-14-15-16-17-18-19-20-21-22-23-24-25-26-27-30(32)33-29-28-31(2)3/h21-22H,4-20,23-29H2,1-3H3. The first kappa shape index (κ1) is 32.2. The van der Waals surface area contributed by atoms with Gasteiger partial charge in [-0.1, -0.05) is 122 Å². The molecule has 3 nitrogen and oxygen atoms in total. The fourth-order valence-electron chi connectivity index (χ4n) is 4.17. The molecule has 33 heavy (non-hydrogen) atoms. The van der Waals surface area contributed by atoms with E-state index in [2.05, 4.69) is 19.1 Å². The molecule has 0 spiro atoms. The van der Waals surface area contributed by atoms with Crippen molar-refractivity contribution in [1.82, 2.24) is 4.90 Å². The lowest BCUT2D eigenvalue weighted by molar-refractivity contribution is -0.144. The van der Waals surface area contributed by atoms with Crippen LogP contribution in [0.15, 0.2) is 12.2 Å². The molecule has 0 amide bonds. The average Bonchev–Trinajstić information content (AvgIpc) is 2.79. The molecule has 196 valence electrons. The van der Waals surface area contributed by atoms with Gasteiger partial charge in [-0.2, -0.15) is 0 Å². The minimum atomic E-state index is -0.0455. The molecule has 0 atom stereocenters. The van der Waals surface area contributed by atoms with E-state index >= 15 is 0 Å². The Bertz CT molecular complexity index is 420. The topological polar surface area (TPSA) is 29.5 Å². The second-order valence-electron chi connectivity index (χ2n) is 10.2. The van der Waals surface area contributed by atoms with Crippen molar-refractivity contribution in [3.8, 4) is 0 Å². The van der Waals surface area contributed by atoms with Crippen molar-refractivity contribution in [1.29, 1.82) is 0 Å². The van der Waals surface area contributed by atoms with Crippen molar-refractivity contribution in [2.24, 2.45) is 0 Å². The van der Waals surface area contributed by atoms with Crippen molar-refractivity contribution >= 4 is 5.97 Å². The minimum Gasteiger partial charge on any atom is -0.464 e. The van der Waals surface area contributed by atoms with Gasteiger partial charge in [0.25, 0.3) is 0 Å². The van der Waals surface area contributed by atoms with Crippen LogP contribution in [0.4, 0.5) is 0 Å². The summed E-state index contributed by atoms with van der Waals surface area (Å²) in [6.45, 7) is 3.60. The number of esters is 1. The average molecular weight is 466 g/mol. The summed E-state index contributed by atoms with van der Waals surface area (Å²) >= 11 is 0. The lowest BCUT2D eigenvalue weighted by Crippen LogP contribution is -2.20. The van der Waals surface area contributed by atoms with Crippen LogP contribution in [-0.4, -0.2) is 38.1 Å². The molecule has 0 saturated carbocycles. The monoisotopic (exact) mass is 465 g/mol. The third kappa shape index (κ3) is 29.1. The van der Waals surface area contributed by atoms with Crippen molar-refractivity contribution in [2.45, 2.75) is 148 Å². The van der Waals surface area contributed by atoms with Crippen LogP contribution in [0.25, 0.3) is 0 Å². The maximum absolute atomic E-state index is 11.6. The molecule has 0 radical (unpaired) electrons. The Balaban J connectivity index is 3.16. The Kier molecular flexibility index (Phi) is 26.7. The third-order valence-corrected chi connectivity index (χ3v) is 6.44. The molecule has 0 aliphatic heterocycles. The molecular formula is C30H59NO2. The Morgan fingerprint density at radius 2 is 1.00 bits per heavy atom. The number of ether oxygens (including phenoxy) is 1. The predicted molar refractivity (Wildman–Crippen MR) is 146 cm³/mol. The van der Waals surface area contributed by atoms with Crippen LogP contribution < -0.4 is 0 Å². The van der Waals surface area contributed by atoms with Crippen LogP contribution >= 0.6 is 0 Å². The number of rotatable bonds is 26. The zero-order valence-corrected chi connectivity index (χ0v) is 22.9. The van der Waals surface area contributed by atoms with E-state index in [-0.39, 0.29) is 5.97 Å². The molecule has 0 aromatic rings. The number of hydrogen-bond donors (Lipinski definition) is 0.